The number of halogens is 1. The highest BCUT2D eigenvalue weighted by Crippen LogP contribution is 2.22. The minimum atomic E-state index is -0.278. The minimum Gasteiger partial charge on any atom is -0.385 e. The van der Waals surface area contributed by atoms with Crippen LogP contribution in [0.5, 0.6) is 0 Å². The summed E-state index contributed by atoms with van der Waals surface area (Å²) in [6, 6.07) is 4.43. The Morgan fingerprint density at radius 1 is 1.50 bits per heavy atom. The Hall–Kier alpha value is -1.46. The summed E-state index contributed by atoms with van der Waals surface area (Å²) in [6.07, 6.45) is 0.697. The van der Waals surface area contributed by atoms with E-state index in [4.69, 9.17) is 10.5 Å². The van der Waals surface area contributed by atoms with E-state index in [2.05, 4.69) is 4.98 Å². The summed E-state index contributed by atoms with van der Waals surface area (Å²) < 4.78 is 20.2. The topological polar surface area (TPSA) is 53.1 Å². The number of aryl methyl sites for hydroxylation is 1. The highest BCUT2D eigenvalue weighted by Gasteiger charge is 2.16. The van der Waals surface area contributed by atoms with Crippen molar-refractivity contribution in [2.75, 3.05) is 13.7 Å². The minimum absolute atomic E-state index is 0.194. The molecule has 0 fully saturated rings. The maximum atomic E-state index is 13.2. The first-order valence-corrected chi connectivity index (χ1v) is 6.07. The summed E-state index contributed by atoms with van der Waals surface area (Å²) in [4.78, 5) is 4.44. The average Bonchev–Trinajstić information content (AvgIpc) is 2.73. The average molecular weight is 251 g/mol. The van der Waals surface area contributed by atoms with E-state index < -0.39 is 0 Å². The zero-order valence-corrected chi connectivity index (χ0v) is 10.7. The molecule has 1 unspecified atom stereocenters. The first kappa shape index (κ1) is 13.0. The van der Waals surface area contributed by atoms with Gasteiger partial charge in [-0.2, -0.15) is 0 Å². The quantitative estimate of drug-likeness (QED) is 0.886. The van der Waals surface area contributed by atoms with Gasteiger partial charge in [0.1, 0.15) is 11.6 Å². The van der Waals surface area contributed by atoms with E-state index in [1.165, 1.54) is 12.1 Å². The normalized spacial score (nSPS) is 13.1. The van der Waals surface area contributed by atoms with Gasteiger partial charge in [-0.25, -0.2) is 9.37 Å². The lowest BCUT2D eigenvalue weighted by atomic mass is 10.2. The van der Waals surface area contributed by atoms with Crippen LogP contribution in [0.4, 0.5) is 4.39 Å². The number of nitrogens with two attached hydrogens (primary N) is 1. The van der Waals surface area contributed by atoms with Crippen LogP contribution < -0.4 is 5.73 Å². The van der Waals surface area contributed by atoms with E-state index in [1.807, 2.05) is 11.5 Å². The van der Waals surface area contributed by atoms with Crippen molar-refractivity contribution in [2.45, 2.75) is 25.9 Å². The van der Waals surface area contributed by atoms with Crippen molar-refractivity contribution < 1.29 is 9.13 Å². The molecule has 0 aliphatic carbocycles. The standard InChI is InChI=1S/C13H18FN3O/c1-3-17-12-5-4-9(14)8-11(12)16-13(17)10(15)6-7-18-2/h4-5,8,10H,3,6-7,15H2,1-2H3. The van der Waals surface area contributed by atoms with Crippen molar-refractivity contribution in [3.8, 4) is 0 Å². The first-order chi connectivity index (χ1) is 8.67. The molecule has 98 valence electrons. The Bertz CT molecular complexity index is 538. The SMILES string of the molecule is CCn1c(C(N)CCOC)nc2cc(F)ccc21. The molecule has 2 aromatic rings. The van der Waals surface area contributed by atoms with Crippen LogP contribution in [-0.4, -0.2) is 23.3 Å². The van der Waals surface area contributed by atoms with Crippen LogP contribution in [0, 0.1) is 5.82 Å². The molecule has 4 nitrogen and oxygen atoms in total. The van der Waals surface area contributed by atoms with Gasteiger partial charge in [-0.3, -0.25) is 0 Å². The monoisotopic (exact) mass is 251 g/mol. The van der Waals surface area contributed by atoms with E-state index in [0.717, 1.165) is 17.9 Å². The second-order valence-electron chi connectivity index (χ2n) is 4.24. The molecule has 1 atom stereocenters. The molecule has 0 saturated carbocycles. The van der Waals surface area contributed by atoms with Crippen molar-refractivity contribution in [1.82, 2.24) is 9.55 Å². The smallest absolute Gasteiger partial charge is 0.126 e. The Labute approximate surface area is 106 Å². The van der Waals surface area contributed by atoms with E-state index in [-0.39, 0.29) is 11.9 Å². The molecule has 1 aromatic carbocycles. The van der Waals surface area contributed by atoms with Crippen LogP contribution >= 0.6 is 0 Å². The summed E-state index contributed by atoms with van der Waals surface area (Å²) in [6.45, 7) is 3.37. The van der Waals surface area contributed by atoms with E-state index in [9.17, 15) is 4.39 Å². The number of hydrogen-bond donors (Lipinski definition) is 1. The Morgan fingerprint density at radius 3 is 2.94 bits per heavy atom. The second kappa shape index (κ2) is 5.46. The van der Waals surface area contributed by atoms with Gasteiger partial charge in [0, 0.05) is 26.3 Å². The molecule has 18 heavy (non-hydrogen) atoms. The lowest BCUT2D eigenvalue weighted by Crippen LogP contribution is -2.18. The summed E-state index contributed by atoms with van der Waals surface area (Å²) in [5.41, 5.74) is 7.67. The number of aromatic nitrogens is 2. The van der Waals surface area contributed by atoms with E-state index in [1.54, 1.807) is 13.2 Å². The van der Waals surface area contributed by atoms with Crippen LogP contribution in [0.15, 0.2) is 18.2 Å². The first-order valence-electron chi connectivity index (χ1n) is 6.07. The summed E-state index contributed by atoms with van der Waals surface area (Å²) in [5.74, 6) is 0.510. The molecule has 0 radical (unpaired) electrons. The molecule has 5 heteroatoms. The van der Waals surface area contributed by atoms with E-state index in [0.29, 0.717) is 18.5 Å². The molecular formula is C13H18FN3O. The van der Waals surface area contributed by atoms with E-state index >= 15 is 0 Å². The molecule has 0 bridgehead atoms. The van der Waals surface area contributed by atoms with Gasteiger partial charge in [0.15, 0.2) is 0 Å². The lowest BCUT2D eigenvalue weighted by molar-refractivity contribution is 0.186. The molecule has 1 heterocycles. The van der Waals surface area contributed by atoms with Crippen LogP contribution in [0.2, 0.25) is 0 Å². The van der Waals surface area contributed by atoms with Gasteiger partial charge in [0.05, 0.1) is 17.1 Å². The highest BCUT2D eigenvalue weighted by molar-refractivity contribution is 5.76. The van der Waals surface area contributed by atoms with Crippen molar-refractivity contribution >= 4 is 11.0 Å². The van der Waals surface area contributed by atoms with Crippen LogP contribution in [-0.2, 0) is 11.3 Å². The van der Waals surface area contributed by atoms with Crippen molar-refractivity contribution in [3.63, 3.8) is 0 Å². The Balaban J connectivity index is 2.43. The van der Waals surface area contributed by atoms with Crippen molar-refractivity contribution in [1.29, 1.82) is 0 Å². The third-order valence-electron chi connectivity index (χ3n) is 3.02. The molecule has 0 aliphatic heterocycles. The van der Waals surface area contributed by atoms with Crippen LogP contribution in [0.25, 0.3) is 11.0 Å². The fourth-order valence-corrected chi connectivity index (χ4v) is 2.11. The number of hydrogen-bond acceptors (Lipinski definition) is 3. The molecule has 2 N–H and O–H groups in total. The molecule has 0 amide bonds. The molecule has 1 aromatic heterocycles. The third-order valence-corrected chi connectivity index (χ3v) is 3.02. The Kier molecular flexibility index (Phi) is 3.93. The maximum Gasteiger partial charge on any atom is 0.126 e. The van der Waals surface area contributed by atoms with Crippen molar-refractivity contribution in [3.05, 3.63) is 29.8 Å². The molecule has 2 rings (SSSR count). The molecule has 0 spiro atoms. The molecule has 0 saturated heterocycles. The Morgan fingerprint density at radius 2 is 2.28 bits per heavy atom. The lowest BCUT2D eigenvalue weighted by Gasteiger charge is -2.12. The van der Waals surface area contributed by atoms with Gasteiger partial charge < -0.3 is 15.0 Å². The highest BCUT2D eigenvalue weighted by atomic mass is 19.1. The zero-order valence-electron chi connectivity index (χ0n) is 10.7. The fraction of sp³-hybridized carbons (Fsp3) is 0.462. The third kappa shape index (κ3) is 2.37. The second-order valence-corrected chi connectivity index (χ2v) is 4.24. The largest absolute Gasteiger partial charge is 0.385 e. The van der Waals surface area contributed by atoms with Gasteiger partial charge in [-0.1, -0.05) is 0 Å². The van der Waals surface area contributed by atoms with Gasteiger partial charge in [0.25, 0.3) is 0 Å². The number of imidazole rings is 1. The van der Waals surface area contributed by atoms with Crippen molar-refractivity contribution in [2.24, 2.45) is 5.73 Å². The number of nitrogens with zero attached hydrogens (tertiary/aromatic N) is 2. The number of ether oxygens (including phenoxy) is 1. The summed E-state index contributed by atoms with van der Waals surface area (Å²) >= 11 is 0. The number of methoxy groups -OCH3 is 1. The number of fused-ring (bicyclic) bond motifs is 1. The summed E-state index contributed by atoms with van der Waals surface area (Å²) in [7, 11) is 1.64. The number of rotatable bonds is 5. The zero-order chi connectivity index (χ0) is 13.1. The van der Waals surface area contributed by atoms with Gasteiger partial charge >= 0.3 is 0 Å². The van der Waals surface area contributed by atoms with Crippen LogP contribution in [0.3, 0.4) is 0 Å². The number of benzene rings is 1. The predicted octanol–water partition coefficient (Wildman–Crippen LogP) is 2.23. The van der Waals surface area contributed by atoms with Gasteiger partial charge in [-0.15, -0.1) is 0 Å². The predicted molar refractivity (Wildman–Crippen MR) is 68.8 cm³/mol. The molecular weight excluding hydrogens is 233 g/mol. The van der Waals surface area contributed by atoms with Crippen LogP contribution in [0.1, 0.15) is 25.2 Å². The maximum absolute atomic E-state index is 13.2. The van der Waals surface area contributed by atoms with Gasteiger partial charge in [-0.05, 0) is 25.5 Å². The summed E-state index contributed by atoms with van der Waals surface area (Å²) in [5, 5.41) is 0. The fourth-order valence-electron chi connectivity index (χ4n) is 2.11. The van der Waals surface area contributed by atoms with Gasteiger partial charge in [0.2, 0.25) is 0 Å². The molecule has 0 aliphatic rings.